The molecule has 0 aliphatic rings. The molecule has 4 nitrogen and oxygen atoms in total. The van der Waals surface area contributed by atoms with Crippen LogP contribution in [0.5, 0.6) is 0 Å². The van der Waals surface area contributed by atoms with Crippen LogP contribution in [-0.2, 0) is 12.8 Å². The number of nitrogens with zero attached hydrogens (tertiary/aromatic N) is 2. The molecule has 0 aliphatic heterocycles. The van der Waals surface area contributed by atoms with Gasteiger partial charge in [-0.05, 0) is 65.3 Å². The van der Waals surface area contributed by atoms with Crippen molar-refractivity contribution < 1.29 is 0 Å². The molecule has 4 aromatic rings. The lowest BCUT2D eigenvalue weighted by Gasteiger charge is -2.20. The Morgan fingerprint density at radius 3 is 1.77 bits per heavy atom. The van der Waals surface area contributed by atoms with Crippen molar-refractivity contribution in [3.8, 4) is 12.1 Å². The van der Waals surface area contributed by atoms with E-state index in [9.17, 15) is 10.5 Å². The highest BCUT2D eigenvalue weighted by Gasteiger charge is 2.29. The van der Waals surface area contributed by atoms with Crippen molar-refractivity contribution in [2.24, 2.45) is 0 Å². The summed E-state index contributed by atoms with van der Waals surface area (Å²) in [6.07, 6.45) is 1.59. The van der Waals surface area contributed by atoms with Gasteiger partial charge in [0.05, 0.1) is 5.92 Å². The summed E-state index contributed by atoms with van der Waals surface area (Å²) in [5, 5.41) is 21.8. The van der Waals surface area contributed by atoms with Gasteiger partial charge in [0.1, 0.15) is 23.5 Å². The van der Waals surface area contributed by atoms with Crippen molar-refractivity contribution in [2.75, 3.05) is 0 Å². The number of fused-ring (bicyclic) bond motifs is 1. The first-order chi connectivity index (χ1) is 15.0. The van der Waals surface area contributed by atoms with Crippen molar-refractivity contribution in [3.05, 3.63) is 93.1 Å². The third-order valence-electron chi connectivity index (χ3n) is 6.48. The van der Waals surface area contributed by atoms with Gasteiger partial charge in [-0.15, -0.1) is 0 Å². The molecule has 0 spiro atoms. The van der Waals surface area contributed by atoms with Crippen molar-refractivity contribution in [2.45, 2.75) is 46.5 Å². The molecule has 154 valence electrons. The third-order valence-corrected chi connectivity index (χ3v) is 6.48. The molecule has 0 aliphatic carbocycles. The monoisotopic (exact) mass is 406 g/mol. The summed E-state index contributed by atoms with van der Waals surface area (Å²) < 4.78 is 0. The van der Waals surface area contributed by atoms with Crippen molar-refractivity contribution in [1.82, 2.24) is 9.97 Å². The number of rotatable bonds is 5. The van der Waals surface area contributed by atoms with Crippen molar-refractivity contribution >= 4 is 10.8 Å². The summed E-state index contributed by atoms with van der Waals surface area (Å²) >= 11 is 0. The maximum absolute atomic E-state index is 9.73. The van der Waals surface area contributed by atoms with Crippen LogP contribution in [0.2, 0.25) is 0 Å². The van der Waals surface area contributed by atoms with Crippen molar-refractivity contribution in [1.29, 1.82) is 10.5 Å². The van der Waals surface area contributed by atoms with Crippen LogP contribution in [0.3, 0.4) is 0 Å². The number of nitrogens with one attached hydrogen (secondary N) is 2. The number of hydrogen-bond donors (Lipinski definition) is 2. The minimum atomic E-state index is -0.133. The first kappa shape index (κ1) is 20.5. The highest BCUT2D eigenvalue weighted by atomic mass is 14.8. The molecule has 0 atom stereocenters. The SMILES string of the molecule is CCc1c(C#N)[nH]c(C(c2[nH]c(C#N)c(CC)c2C)c2cccc3ccccc23)c1C. The van der Waals surface area contributed by atoms with E-state index in [1.54, 1.807) is 0 Å². The second-order valence-corrected chi connectivity index (χ2v) is 7.97. The molecular weight excluding hydrogens is 380 g/mol. The van der Waals surface area contributed by atoms with Crippen LogP contribution in [0, 0.1) is 36.5 Å². The Morgan fingerprint density at radius 1 is 0.774 bits per heavy atom. The van der Waals surface area contributed by atoms with E-state index < -0.39 is 0 Å². The number of aromatic nitrogens is 2. The molecule has 0 saturated heterocycles. The Morgan fingerprint density at radius 2 is 1.29 bits per heavy atom. The van der Waals surface area contributed by atoms with E-state index in [2.05, 4.69) is 86.2 Å². The lowest BCUT2D eigenvalue weighted by molar-refractivity contribution is 0.881. The third kappa shape index (κ3) is 3.22. The van der Waals surface area contributed by atoms with Gasteiger partial charge >= 0.3 is 0 Å². The smallest absolute Gasteiger partial charge is 0.121 e. The van der Waals surface area contributed by atoms with E-state index in [0.717, 1.165) is 52.0 Å². The van der Waals surface area contributed by atoms with Gasteiger partial charge in [-0.2, -0.15) is 10.5 Å². The topological polar surface area (TPSA) is 79.2 Å². The normalized spacial score (nSPS) is 11.1. The van der Waals surface area contributed by atoms with Gasteiger partial charge < -0.3 is 9.97 Å². The van der Waals surface area contributed by atoms with E-state index in [0.29, 0.717) is 11.4 Å². The van der Waals surface area contributed by atoms with E-state index in [4.69, 9.17) is 0 Å². The van der Waals surface area contributed by atoms with Crippen molar-refractivity contribution in [3.63, 3.8) is 0 Å². The van der Waals surface area contributed by atoms with E-state index in [-0.39, 0.29) is 5.92 Å². The lowest BCUT2D eigenvalue weighted by Crippen LogP contribution is -2.09. The molecule has 4 rings (SSSR count). The average Bonchev–Trinajstić information content (AvgIpc) is 3.30. The molecule has 2 heterocycles. The number of benzene rings is 2. The molecule has 31 heavy (non-hydrogen) atoms. The fraction of sp³-hybridized carbons (Fsp3) is 0.259. The first-order valence-corrected chi connectivity index (χ1v) is 10.8. The van der Waals surface area contributed by atoms with Gasteiger partial charge in [0.2, 0.25) is 0 Å². The van der Waals surface area contributed by atoms with E-state index in [1.807, 2.05) is 6.07 Å². The number of nitriles is 2. The zero-order valence-electron chi connectivity index (χ0n) is 18.4. The predicted octanol–water partition coefficient (Wildman–Crippen LogP) is 6.16. The standard InChI is InChI=1S/C27H26N4/c1-5-19-16(3)26(30-23(19)14-28)25(27-17(4)20(6-2)24(15-29)31-27)22-13-9-11-18-10-7-8-12-21(18)22/h7-13,25,30-31H,5-6H2,1-4H3. The van der Waals surface area contributed by atoms with Crippen LogP contribution in [-0.4, -0.2) is 9.97 Å². The molecule has 0 radical (unpaired) electrons. The molecule has 0 fully saturated rings. The molecular formula is C27H26N4. The number of H-pyrrole nitrogens is 2. The summed E-state index contributed by atoms with van der Waals surface area (Å²) in [7, 11) is 0. The largest absolute Gasteiger partial charge is 0.349 e. The second kappa shape index (κ2) is 8.17. The zero-order chi connectivity index (χ0) is 22.1. The van der Waals surface area contributed by atoms with E-state index >= 15 is 0 Å². The molecule has 2 N–H and O–H groups in total. The average molecular weight is 407 g/mol. The summed E-state index contributed by atoms with van der Waals surface area (Å²) in [4.78, 5) is 6.88. The molecule has 0 unspecified atom stereocenters. The van der Waals surface area contributed by atoms with Crippen LogP contribution in [0.4, 0.5) is 0 Å². The highest BCUT2D eigenvalue weighted by Crippen LogP contribution is 2.40. The second-order valence-electron chi connectivity index (χ2n) is 7.97. The Hall–Kier alpha value is -3.76. The van der Waals surface area contributed by atoms with Crippen LogP contribution >= 0.6 is 0 Å². The molecule has 0 saturated carbocycles. The summed E-state index contributed by atoms with van der Waals surface area (Å²) in [6.45, 7) is 8.34. The van der Waals surface area contributed by atoms with Crippen LogP contribution < -0.4 is 0 Å². The minimum Gasteiger partial charge on any atom is -0.349 e. The molecule has 4 heteroatoms. The predicted molar refractivity (Wildman–Crippen MR) is 124 cm³/mol. The quantitative estimate of drug-likeness (QED) is 0.416. The van der Waals surface area contributed by atoms with Gasteiger partial charge in [0.15, 0.2) is 0 Å². The summed E-state index contributed by atoms with van der Waals surface area (Å²) in [5.74, 6) is -0.133. The summed E-state index contributed by atoms with van der Waals surface area (Å²) in [5.41, 5.74) is 8.78. The minimum absolute atomic E-state index is 0.133. The Bertz CT molecular complexity index is 1280. The van der Waals surface area contributed by atoms with Crippen LogP contribution in [0.1, 0.15) is 70.4 Å². The van der Waals surface area contributed by atoms with Gasteiger partial charge in [0, 0.05) is 11.4 Å². The van der Waals surface area contributed by atoms with E-state index in [1.165, 1.54) is 10.8 Å². The Labute approximate surface area is 183 Å². The maximum Gasteiger partial charge on any atom is 0.121 e. The molecule has 2 aromatic heterocycles. The fourth-order valence-corrected chi connectivity index (χ4v) is 4.92. The fourth-order valence-electron chi connectivity index (χ4n) is 4.92. The number of hydrogen-bond acceptors (Lipinski definition) is 2. The first-order valence-electron chi connectivity index (χ1n) is 10.8. The van der Waals surface area contributed by atoms with Crippen LogP contribution in [0.25, 0.3) is 10.8 Å². The molecule has 0 amide bonds. The number of aromatic amines is 2. The van der Waals surface area contributed by atoms with Gasteiger partial charge in [-0.1, -0.05) is 56.3 Å². The molecule has 0 bridgehead atoms. The highest BCUT2D eigenvalue weighted by molar-refractivity contribution is 5.87. The Balaban J connectivity index is 2.09. The summed E-state index contributed by atoms with van der Waals surface area (Å²) in [6, 6.07) is 19.4. The van der Waals surface area contributed by atoms with Gasteiger partial charge in [0.25, 0.3) is 0 Å². The Kier molecular flexibility index (Phi) is 5.40. The van der Waals surface area contributed by atoms with Crippen LogP contribution in [0.15, 0.2) is 42.5 Å². The van der Waals surface area contributed by atoms with Gasteiger partial charge in [-0.25, -0.2) is 0 Å². The van der Waals surface area contributed by atoms with Gasteiger partial charge in [-0.3, -0.25) is 0 Å². The zero-order valence-corrected chi connectivity index (χ0v) is 18.4. The lowest BCUT2D eigenvalue weighted by atomic mass is 9.85. The maximum atomic E-state index is 9.73. The molecule has 2 aromatic carbocycles.